The highest BCUT2D eigenvalue weighted by Crippen LogP contribution is 2.43. The Morgan fingerprint density at radius 1 is 0.944 bits per heavy atom. The fraction of sp³-hybridized carbons (Fsp3) is 0.467. The van der Waals surface area contributed by atoms with E-state index in [9.17, 15) is 9.59 Å². The molecule has 0 atom stereocenters. The third kappa shape index (κ3) is 4.79. The number of hydrogen-bond acceptors (Lipinski definition) is 4. The maximum atomic E-state index is 13.2. The number of nitrogens with one attached hydrogen (secondary N) is 1. The zero-order chi connectivity index (χ0) is 25.1. The van der Waals surface area contributed by atoms with Gasteiger partial charge in [0.15, 0.2) is 0 Å². The Morgan fingerprint density at radius 2 is 1.61 bits per heavy atom. The van der Waals surface area contributed by atoms with Crippen LogP contribution >= 0.6 is 0 Å². The summed E-state index contributed by atoms with van der Waals surface area (Å²) < 4.78 is 6.66. The molecule has 3 heterocycles. The van der Waals surface area contributed by atoms with Crippen LogP contribution in [-0.2, 0) is 0 Å². The van der Waals surface area contributed by atoms with Crippen molar-refractivity contribution < 1.29 is 14.3 Å². The molecule has 0 bridgehead atoms. The minimum atomic E-state index is -0.393. The van der Waals surface area contributed by atoms with Crippen LogP contribution in [0.4, 0.5) is 0 Å². The maximum absolute atomic E-state index is 13.2. The predicted molar refractivity (Wildman–Crippen MR) is 142 cm³/mol. The first-order valence-electron chi connectivity index (χ1n) is 13.5. The molecule has 190 valence electrons. The van der Waals surface area contributed by atoms with Gasteiger partial charge in [-0.25, -0.2) is 0 Å². The van der Waals surface area contributed by atoms with Crippen molar-refractivity contribution in [2.45, 2.75) is 51.6 Å². The third-order valence-electron chi connectivity index (χ3n) is 7.83. The van der Waals surface area contributed by atoms with Crippen LogP contribution in [-0.4, -0.2) is 66.5 Å². The van der Waals surface area contributed by atoms with Gasteiger partial charge in [-0.05, 0) is 93.7 Å². The summed E-state index contributed by atoms with van der Waals surface area (Å²) in [7, 11) is 0. The second kappa shape index (κ2) is 10.5. The first-order valence-corrected chi connectivity index (χ1v) is 13.5. The standard InChI is InChI=1S/C30H37N3O3/c1-3-32(4-2)28(34)23-10-8-22(9-11-23)26-21-30(14-16-31-17-15-30)36-27-20-24(12-13-25(26)27)29(35)33-18-6-5-7-19-33/h8-13,20-21,31H,3-7,14-19H2,1-2H3. The van der Waals surface area contributed by atoms with E-state index in [2.05, 4.69) is 11.4 Å². The summed E-state index contributed by atoms with van der Waals surface area (Å²) in [4.78, 5) is 29.8. The Hall–Kier alpha value is -3.12. The third-order valence-corrected chi connectivity index (χ3v) is 7.83. The molecule has 2 fully saturated rings. The first kappa shape index (κ1) is 24.6. The van der Waals surface area contributed by atoms with E-state index in [0.717, 1.165) is 74.3 Å². The number of carbonyl (C=O) groups excluding carboxylic acids is 2. The highest BCUT2D eigenvalue weighted by molar-refractivity contribution is 5.97. The summed E-state index contributed by atoms with van der Waals surface area (Å²) >= 11 is 0. The fourth-order valence-electron chi connectivity index (χ4n) is 5.65. The molecule has 6 heteroatoms. The highest BCUT2D eigenvalue weighted by atomic mass is 16.5. The van der Waals surface area contributed by atoms with Gasteiger partial charge in [0.05, 0.1) is 0 Å². The summed E-state index contributed by atoms with van der Waals surface area (Å²) in [6.07, 6.45) is 7.36. The molecule has 0 saturated carbocycles. The summed E-state index contributed by atoms with van der Waals surface area (Å²) in [5.74, 6) is 0.931. The van der Waals surface area contributed by atoms with Gasteiger partial charge < -0.3 is 19.9 Å². The van der Waals surface area contributed by atoms with E-state index in [1.807, 2.05) is 66.1 Å². The molecule has 0 radical (unpaired) electrons. The van der Waals surface area contributed by atoms with E-state index in [1.165, 1.54) is 6.42 Å². The molecule has 2 saturated heterocycles. The number of likely N-dealkylation sites (tertiary alicyclic amines) is 1. The predicted octanol–water partition coefficient (Wildman–Crippen LogP) is 4.74. The van der Waals surface area contributed by atoms with E-state index >= 15 is 0 Å². The van der Waals surface area contributed by atoms with Crippen LogP contribution in [0.25, 0.3) is 5.57 Å². The van der Waals surface area contributed by atoms with Crippen molar-refractivity contribution in [3.8, 4) is 5.75 Å². The molecule has 0 unspecified atom stereocenters. The minimum Gasteiger partial charge on any atom is -0.482 e. The lowest BCUT2D eigenvalue weighted by Gasteiger charge is -2.40. The molecule has 2 aromatic rings. The number of nitrogens with zero attached hydrogens (tertiary/aromatic N) is 2. The second-order valence-corrected chi connectivity index (χ2v) is 10.1. The van der Waals surface area contributed by atoms with Gasteiger partial charge >= 0.3 is 0 Å². The van der Waals surface area contributed by atoms with Crippen molar-refractivity contribution in [2.75, 3.05) is 39.3 Å². The van der Waals surface area contributed by atoms with Gasteiger partial charge in [0.1, 0.15) is 11.4 Å². The number of carbonyl (C=O) groups is 2. The van der Waals surface area contributed by atoms with Gasteiger partial charge in [0, 0.05) is 55.7 Å². The van der Waals surface area contributed by atoms with Crippen molar-refractivity contribution in [3.63, 3.8) is 0 Å². The molecule has 2 amide bonds. The SMILES string of the molecule is CCN(CC)C(=O)c1ccc(C2=CC3(CCNCC3)Oc3cc(C(=O)N4CCCCC4)ccc32)cc1. The highest BCUT2D eigenvalue weighted by Gasteiger charge is 2.37. The largest absolute Gasteiger partial charge is 0.482 e. The number of ether oxygens (including phenoxy) is 1. The zero-order valence-corrected chi connectivity index (χ0v) is 21.5. The van der Waals surface area contributed by atoms with Gasteiger partial charge in [-0.15, -0.1) is 0 Å². The summed E-state index contributed by atoms with van der Waals surface area (Å²) in [5, 5.41) is 3.44. The van der Waals surface area contributed by atoms with Crippen LogP contribution in [0, 0.1) is 0 Å². The van der Waals surface area contributed by atoms with Crippen LogP contribution < -0.4 is 10.1 Å². The molecule has 36 heavy (non-hydrogen) atoms. The molecular weight excluding hydrogens is 450 g/mol. The molecule has 3 aliphatic rings. The number of amides is 2. The lowest BCUT2D eigenvalue weighted by atomic mass is 9.83. The maximum Gasteiger partial charge on any atom is 0.253 e. The summed E-state index contributed by atoms with van der Waals surface area (Å²) in [6, 6.07) is 13.8. The lowest BCUT2D eigenvalue weighted by molar-refractivity contribution is 0.0713. The summed E-state index contributed by atoms with van der Waals surface area (Å²) in [6.45, 7) is 8.84. The van der Waals surface area contributed by atoms with Crippen LogP contribution in [0.1, 0.15) is 77.8 Å². The van der Waals surface area contributed by atoms with E-state index in [-0.39, 0.29) is 11.8 Å². The van der Waals surface area contributed by atoms with E-state index in [0.29, 0.717) is 24.2 Å². The Kier molecular flexibility index (Phi) is 7.15. The number of fused-ring (bicyclic) bond motifs is 1. The van der Waals surface area contributed by atoms with E-state index in [1.54, 1.807) is 0 Å². The second-order valence-electron chi connectivity index (χ2n) is 10.1. The molecule has 0 aliphatic carbocycles. The molecule has 6 nitrogen and oxygen atoms in total. The number of piperidine rings is 2. The van der Waals surface area contributed by atoms with Gasteiger partial charge in [0.2, 0.25) is 0 Å². The van der Waals surface area contributed by atoms with E-state index in [4.69, 9.17) is 4.74 Å². The van der Waals surface area contributed by atoms with Gasteiger partial charge in [-0.2, -0.15) is 0 Å². The average Bonchev–Trinajstić information content (AvgIpc) is 2.93. The van der Waals surface area contributed by atoms with Crippen molar-refractivity contribution in [1.82, 2.24) is 15.1 Å². The zero-order valence-electron chi connectivity index (χ0n) is 21.5. The molecule has 2 aromatic carbocycles. The average molecular weight is 488 g/mol. The molecule has 1 N–H and O–H groups in total. The van der Waals surface area contributed by atoms with Crippen molar-refractivity contribution >= 4 is 17.4 Å². The smallest absolute Gasteiger partial charge is 0.253 e. The topological polar surface area (TPSA) is 61.9 Å². The van der Waals surface area contributed by atoms with Crippen LogP contribution in [0.5, 0.6) is 5.75 Å². The molecule has 3 aliphatic heterocycles. The Labute approximate surface area is 214 Å². The van der Waals surface area contributed by atoms with Crippen LogP contribution in [0.2, 0.25) is 0 Å². The molecular formula is C30H37N3O3. The van der Waals surface area contributed by atoms with Crippen LogP contribution in [0.15, 0.2) is 48.5 Å². The number of rotatable bonds is 5. The van der Waals surface area contributed by atoms with Crippen LogP contribution in [0.3, 0.4) is 0 Å². The number of hydrogen-bond donors (Lipinski definition) is 1. The first-order chi connectivity index (χ1) is 17.5. The minimum absolute atomic E-state index is 0.0589. The van der Waals surface area contributed by atoms with Gasteiger partial charge in [0.25, 0.3) is 11.8 Å². The van der Waals surface area contributed by atoms with Crippen molar-refractivity contribution in [3.05, 3.63) is 70.8 Å². The van der Waals surface area contributed by atoms with Gasteiger partial charge in [-0.3, -0.25) is 9.59 Å². The van der Waals surface area contributed by atoms with Crippen molar-refractivity contribution in [2.24, 2.45) is 0 Å². The molecule has 5 rings (SSSR count). The monoisotopic (exact) mass is 487 g/mol. The quantitative estimate of drug-likeness (QED) is 0.662. The Morgan fingerprint density at radius 3 is 2.28 bits per heavy atom. The lowest BCUT2D eigenvalue weighted by Crippen LogP contribution is -2.46. The van der Waals surface area contributed by atoms with Gasteiger partial charge in [-0.1, -0.05) is 12.1 Å². The fourth-order valence-corrected chi connectivity index (χ4v) is 5.65. The number of benzene rings is 2. The Balaban J connectivity index is 1.49. The molecule has 0 aromatic heterocycles. The summed E-state index contributed by atoms with van der Waals surface area (Å²) in [5.41, 5.74) is 4.17. The molecule has 1 spiro atoms. The normalized spacial score (nSPS) is 18.7. The van der Waals surface area contributed by atoms with Crippen molar-refractivity contribution in [1.29, 1.82) is 0 Å². The van der Waals surface area contributed by atoms with E-state index < -0.39 is 5.60 Å². The Bertz CT molecular complexity index is 1140.